The molecule has 3 atom stereocenters. The molecule has 0 saturated carbocycles. The summed E-state index contributed by atoms with van der Waals surface area (Å²) in [5, 5.41) is 29.1. The van der Waals surface area contributed by atoms with Gasteiger partial charge in [-0.05, 0) is 13.8 Å². The molecule has 17 heavy (non-hydrogen) atoms. The zero-order valence-electron chi connectivity index (χ0n) is 9.99. The zero-order chi connectivity index (χ0) is 13.2. The molecule has 7 heteroatoms. The van der Waals surface area contributed by atoms with E-state index in [0.717, 1.165) is 0 Å². The zero-order valence-corrected chi connectivity index (χ0v) is 9.99. The molecule has 1 fully saturated rings. The standard InChI is InChI=1S/C10H18O7/c1-5(2)16-8-9(12)17-7(10(8,13)14)4-15-6(3)11/h5,7-9,12-14H,4H2,1-3H3/t7-,8+,9+/m1/s1. The number of aliphatic hydroxyl groups is 3. The Bertz CT molecular complexity index is 276. The van der Waals surface area contributed by atoms with Crippen LogP contribution in [-0.4, -0.2) is 58.3 Å². The third-order valence-corrected chi connectivity index (χ3v) is 2.31. The maximum atomic E-state index is 10.6. The Hall–Kier alpha value is -0.730. The van der Waals surface area contributed by atoms with E-state index in [1.165, 1.54) is 6.92 Å². The average molecular weight is 250 g/mol. The van der Waals surface area contributed by atoms with Gasteiger partial charge in [0.05, 0.1) is 6.10 Å². The van der Waals surface area contributed by atoms with E-state index in [0.29, 0.717) is 0 Å². The highest BCUT2D eigenvalue weighted by Crippen LogP contribution is 2.31. The molecule has 0 aliphatic carbocycles. The van der Waals surface area contributed by atoms with Crippen molar-refractivity contribution in [2.24, 2.45) is 0 Å². The molecule has 0 amide bonds. The van der Waals surface area contributed by atoms with Crippen LogP contribution in [0.3, 0.4) is 0 Å². The van der Waals surface area contributed by atoms with Crippen molar-refractivity contribution in [3.63, 3.8) is 0 Å². The van der Waals surface area contributed by atoms with Crippen LogP contribution in [0.25, 0.3) is 0 Å². The molecule has 1 aliphatic rings. The lowest BCUT2D eigenvalue weighted by molar-refractivity contribution is -0.254. The van der Waals surface area contributed by atoms with Gasteiger partial charge in [-0.15, -0.1) is 0 Å². The van der Waals surface area contributed by atoms with Crippen LogP contribution < -0.4 is 0 Å². The molecular formula is C10H18O7. The number of aliphatic hydroxyl groups excluding tert-OH is 1. The van der Waals surface area contributed by atoms with Gasteiger partial charge < -0.3 is 29.5 Å². The fourth-order valence-corrected chi connectivity index (χ4v) is 1.55. The summed E-state index contributed by atoms with van der Waals surface area (Å²) in [6.45, 7) is 4.19. The maximum absolute atomic E-state index is 10.6. The van der Waals surface area contributed by atoms with E-state index in [4.69, 9.17) is 9.47 Å². The molecule has 0 aromatic heterocycles. The van der Waals surface area contributed by atoms with Crippen LogP contribution in [-0.2, 0) is 19.0 Å². The van der Waals surface area contributed by atoms with Crippen molar-refractivity contribution in [1.29, 1.82) is 0 Å². The number of hydrogen-bond acceptors (Lipinski definition) is 7. The van der Waals surface area contributed by atoms with Gasteiger partial charge in [-0.1, -0.05) is 0 Å². The van der Waals surface area contributed by atoms with Gasteiger partial charge in [0.15, 0.2) is 18.5 Å². The van der Waals surface area contributed by atoms with Gasteiger partial charge in [0.1, 0.15) is 6.61 Å². The van der Waals surface area contributed by atoms with Gasteiger partial charge >= 0.3 is 5.97 Å². The first-order valence-electron chi connectivity index (χ1n) is 5.32. The summed E-state index contributed by atoms with van der Waals surface area (Å²) >= 11 is 0. The number of carbonyl (C=O) groups excluding carboxylic acids is 1. The number of esters is 1. The molecule has 1 saturated heterocycles. The second-order valence-electron chi connectivity index (χ2n) is 4.21. The predicted octanol–water partition coefficient (Wildman–Crippen LogP) is -1.26. The van der Waals surface area contributed by atoms with Gasteiger partial charge in [0.25, 0.3) is 0 Å². The molecule has 0 unspecified atom stereocenters. The molecular weight excluding hydrogens is 232 g/mol. The number of rotatable bonds is 4. The minimum Gasteiger partial charge on any atom is -0.463 e. The number of carbonyl (C=O) groups is 1. The smallest absolute Gasteiger partial charge is 0.302 e. The van der Waals surface area contributed by atoms with E-state index >= 15 is 0 Å². The summed E-state index contributed by atoms with van der Waals surface area (Å²) < 4.78 is 14.7. The first-order valence-corrected chi connectivity index (χ1v) is 5.32. The normalized spacial score (nSPS) is 31.8. The van der Waals surface area contributed by atoms with Crippen LogP contribution >= 0.6 is 0 Å². The highest BCUT2D eigenvalue weighted by atomic mass is 16.7. The fraction of sp³-hybridized carbons (Fsp3) is 0.900. The molecule has 0 aromatic rings. The molecule has 0 bridgehead atoms. The van der Waals surface area contributed by atoms with Crippen molar-refractivity contribution >= 4 is 5.97 Å². The summed E-state index contributed by atoms with van der Waals surface area (Å²) in [6.07, 6.45) is -4.34. The molecule has 7 nitrogen and oxygen atoms in total. The summed E-state index contributed by atoms with van der Waals surface area (Å²) in [5.41, 5.74) is 0. The van der Waals surface area contributed by atoms with Crippen molar-refractivity contribution in [1.82, 2.24) is 0 Å². The second kappa shape index (κ2) is 5.28. The maximum Gasteiger partial charge on any atom is 0.302 e. The van der Waals surface area contributed by atoms with E-state index < -0.39 is 30.3 Å². The lowest BCUT2D eigenvalue weighted by atomic mass is 10.1. The Balaban J connectivity index is 2.67. The summed E-state index contributed by atoms with van der Waals surface area (Å²) in [7, 11) is 0. The molecule has 3 N–H and O–H groups in total. The molecule has 0 radical (unpaired) electrons. The molecule has 1 aliphatic heterocycles. The van der Waals surface area contributed by atoms with E-state index in [-0.39, 0.29) is 12.7 Å². The highest BCUT2D eigenvalue weighted by Gasteiger charge is 2.56. The topological polar surface area (TPSA) is 105 Å². The third-order valence-electron chi connectivity index (χ3n) is 2.31. The van der Waals surface area contributed by atoms with Crippen molar-refractivity contribution < 1.29 is 34.3 Å². The summed E-state index contributed by atoms with van der Waals surface area (Å²) in [5.74, 6) is -2.98. The Morgan fingerprint density at radius 1 is 1.47 bits per heavy atom. The Morgan fingerprint density at radius 3 is 2.53 bits per heavy atom. The van der Waals surface area contributed by atoms with Gasteiger partial charge in [-0.2, -0.15) is 0 Å². The van der Waals surface area contributed by atoms with Crippen LogP contribution in [0.15, 0.2) is 0 Å². The first-order chi connectivity index (χ1) is 7.75. The molecule has 100 valence electrons. The van der Waals surface area contributed by atoms with Gasteiger partial charge in [0, 0.05) is 6.92 Å². The number of ether oxygens (including phenoxy) is 3. The largest absolute Gasteiger partial charge is 0.463 e. The van der Waals surface area contributed by atoms with Crippen LogP contribution in [0.5, 0.6) is 0 Å². The van der Waals surface area contributed by atoms with Crippen molar-refractivity contribution in [3.05, 3.63) is 0 Å². The van der Waals surface area contributed by atoms with Crippen molar-refractivity contribution in [2.45, 2.75) is 51.2 Å². The minimum atomic E-state index is -2.40. The minimum absolute atomic E-state index is 0.315. The van der Waals surface area contributed by atoms with E-state index in [9.17, 15) is 20.1 Å². The van der Waals surface area contributed by atoms with Crippen LogP contribution in [0.1, 0.15) is 20.8 Å². The van der Waals surface area contributed by atoms with Crippen molar-refractivity contribution in [3.8, 4) is 0 Å². The lowest BCUT2D eigenvalue weighted by Crippen LogP contribution is -2.51. The van der Waals surface area contributed by atoms with Crippen molar-refractivity contribution in [2.75, 3.05) is 6.61 Å². The molecule has 1 rings (SSSR count). The summed E-state index contributed by atoms with van der Waals surface area (Å²) in [4.78, 5) is 10.6. The Kier molecular flexibility index (Phi) is 4.45. The summed E-state index contributed by atoms with van der Waals surface area (Å²) in [6, 6.07) is 0. The van der Waals surface area contributed by atoms with Gasteiger partial charge in [0.2, 0.25) is 5.79 Å². The quantitative estimate of drug-likeness (QED) is 0.422. The SMILES string of the molecule is CC(=O)OC[C@H]1O[C@H](O)[C@H](OC(C)C)C1(O)O. The van der Waals surface area contributed by atoms with Crippen LogP contribution in [0, 0.1) is 0 Å². The Morgan fingerprint density at radius 2 is 2.06 bits per heavy atom. The van der Waals surface area contributed by atoms with E-state index in [1.807, 2.05) is 0 Å². The molecule has 0 aromatic carbocycles. The van der Waals surface area contributed by atoms with Crippen LogP contribution in [0.4, 0.5) is 0 Å². The van der Waals surface area contributed by atoms with Gasteiger partial charge in [-0.25, -0.2) is 0 Å². The van der Waals surface area contributed by atoms with Crippen LogP contribution in [0.2, 0.25) is 0 Å². The highest BCUT2D eigenvalue weighted by molar-refractivity contribution is 5.65. The Labute approximate surface area is 98.9 Å². The fourth-order valence-electron chi connectivity index (χ4n) is 1.55. The monoisotopic (exact) mass is 250 g/mol. The third kappa shape index (κ3) is 3.36. The van der Waals surface area contributed by atoms with E-state index in [2.05, 4.69) is 4.74 Å². The molecule has 1 heterocycles. The second-order valence-corrected chi connectivity index (χ2v) is 4.21. The average Bonchev–Trinajstić information content (AvgIpc) is 2.37. The number of hydrogen-bond donors (Lipinski definition) is 3. The van der Waals surface area contributed by atoms with Gasteiger partial charge in [-0.3, -0.25) is 4.79 Å². The van der Waals surface area contributed by atoms with E-state index in [1.54, 1.807) is 13.8 Å². The molecule has 0 spiro atoms. The predicted molar refractivity (Wildman–Crippen MR) is 54.7 cm³/mol. The lowest BCUT2D eigenvalue weighted by Gasteiger charge is -2.28. The first kappa shape index (κ1) is 14.3.